The van der Waals surface area contributed by atoms with Gasteiger partial charge in [-0.25, -0.2) is 4.79 Å². The Morgan fingerprint density at radius 3 is 2.75 bits per heavy atom. The van der Waals surface area contributed by atoms with Crippen molar-refractivity contribution in [1.29, 1.82) is 0 Å². The van der Waals surface area contributed by atoms with Crippen LogP contribution in [0.3, 0.4) is 0 Å². The van der Waals surface area contributed by atoms with Gasteiger partial charge in [-0.3, -0.25) is 9.59 Å². The number of ether oxygens (including phenoxy) is 1. The number of piperazine rings is 1. The second-order valence-electron chi connectivity index (χ2n) is 3.53. The Bertz CT molecular complexity index is 303. The molecule has 0 unspecified atom stereocenters. The first kappa shape index (κ1) is 12.5. The second kappa shape index (κ2) is 5.48. The predicted molar refractivity (Wildman–Crippen MR) is 55.4 cm³/mol. The zero-order valence-electron chi connectivity index (χ0n) is 9.49. The summed E-state index contributed by atoms with van der Waals surface area (Å²) in [7, 11) is 0. The number of hydrogen-bond acceptors (Lipinski definition) is 4. The summed E-state index contributed by atoms with van der Waals surface area (Å²) in [6.07, 6.45) is 0.745. The third-order valence-electron chi connectivity index (χ3n) is 2.25. The summed E-state index contributed by atoms with van der Waals surface area (Å²) in [5.41, 5.74) is 0. The molecule has 6 nitrogen and oxygen atoms in total. The highest BCUT2D eigenvalue weighted by molar-refractivity contribution is 6.36. The first-order valence-corrected chi connectivity index (χ1v) is 5.36. The molecule has 1 N–H and O–H groups in total. The average molecular weight is 228 g/mol. The minimum atomic E-state index is -0.739. The molecule has 16 heavy (non-hydrogen) atoms. The highest BCUT2D eigenvalue weighted by atomic mass is 16.5. The van der Waals surface area contributed by atoms with Gasteiger partial charge in [0.15, 0.2) is 0 Å². The quantitative estimate of drug-likeness (QED) is 0.509. The van der Waals surface area contributed by atoms with E-state index in [1.54, 1.807) is 6.92 Å². The van der Waals surface area contributed by atoms with Crippen LogP contribution < -0.4 is 5.32 Å². The normalized spacial score (nSPS) is 20.6. The van der Waals surface area contributed by atoms with Gasteiger partial charge < -0.3 is 15.0 Å². The van der Waals surface area contributed by atoms with E-state index in [-0.39, 0.29) is 13.2 Å². The van der Waals surface area contributed by atoms with Crippen molar-refractivity contribution in [3.8, 4) is 0 Å². The van der Waals surface area contributed by atoms with Gasteiger partial charge in [-0.2, -0.15) is 0 Å². The molecule has 0 radical (unpaired) electrons. The fourth-order valence-corrected chi connectivity index (χ4v) is 1.55. The monoisotopic (exact) mass is 228 g/mol. The molecule has 0 aliphatic carbocycles. The summed E-state index contributed by atoms with van der Waals surface area (Å²) in [5, 5.41) is 2.33. The van der Waals surface area contributed by atoms with E-state index in [1.165, 1.54) is 4.90 Å². The fourth-order valence-electron chi connectivity index (χ4n) is 1.55. The Balaban J connectivity index is 2.66. The molecule has 0 aromatic heterocycles. The molecule has 6 heteroatoms. The van der Waals surface area contributed by atoms with E-state index in [2.05, 4.69) is 5.32 Å². The summed E-state index contributed by atoms with van der Waals surface area (Å²) in [5.74, 6) is -1.82. The van der Waals surface area contributed by atoms with Crippen molar-refractivity contribution in [2.24, 2.45) is 0 Å². The minimum Gasteiger partial charge on any atom is -0.464 e. The van der Waals surface area contributed by atoms with Crippen molar-refractivity contribution in [3.05, 3.63) is 0 Å². The highest BCUT2D eigenvalue weighted by Gasteiger charge is 2.35. The molecule has 0 aromatic rings. The molecule has 1 atom stereocenters. The first-order valence-electron chi connectivity index (χ1n) is 5.36. The molecule has 1 heterocycles. The standard InChI is InChI=1S/C10H16N2O4/c1-3-5-12-6-7(10(15)16-4-2)11-8(13)9(12)14/h7H,3-6H2,1-2H3,(H,11,13)/t7-/m0/s1. The first-order chi connectivity index (χ1) is 7.60. The molecule has 90 valence electrons. The van der Waals surface area contributed by atoms with Crippen molar-refractivity contribution in [3.63, 3.8) is 0 Å². The average Bonchev–Trinajstić information content (AvgIpc) is 2.25. The molecule has 1 rings (SSSR count). The van der Waals surface area contributed by atoms with E-state index in [9.17, 15) is 14.4 Å². The van der Waals surface area contributed by atoms with Gasteiger partial charge >= 0.3 is 17.8 Å². The van der Waals surface area contributed by atoms with Crippen LogP contribution in [0.15, 0.2) is 0 Å². The third kappa shape index (κ3) is 2.71. The Kier molecular flexibility index (Phi) is 4.28. The highest BCUT2D eigenvalue weighted by Crippen LogP contribution is 2.04. The number of nitrogens with zero attached hydrogens (tertiary/aromatic N) is 1. The van der Waals surface area contributed by atoms with Crippen molar-refractivity contribution >= 4 is 17.8 Å². The molecular weight excluding hydrogens is 212 g/mol. The van der Waals surface area contributed by atoms with Crippen LogP contribution in [0.5, 0.6) is 0 Å². The number of amides is 2. The van der Waals surface area contributed by atoms with Gasteiger partial charge in [0.05, 0.1) is 13.2 Å². The van der Waals surface area contributed by atoms with Crippen molar-refractivity contribution in [2.75, 3.05) is 19.7 Å². The van der Waals surface area contributed by atoms with E-state index in [4.69, 9.17) is 4.74 Å². The van der Waals surface area contributed by atoms with Gasteiger partial charge in [-0.1, -0.05) is 6.92 Å². The molecule has 0 spiro atoms. The lowest BCUT2D eigenvalue weighted by atomic mass is 10.2. The van der Waals surface area contributed by atoms with Crippen LogP contribution in [0.1, 0.15) is 20.3 Å². The number of esters is 1. The zero-order valence-corrected chi connectivity index (χ0v) is 9.49. The summed E-state index contributed by atoms with van der Waals surface area (Å²) in [6.45, 7) is 4.52. The molecule has 1 saturated heterocycles. The summed E-state index contributed by atoms with van der Waals surface area (Å²) >= 11 is 0. The van der Waals surface area contributed by atoms with Crippen molar-refractivity contribution < 1.29 is 19.1 Å². The zero-order chi connectivity index (χ0) is 12.1. The summed E-state index contributed by atoms with van der Waals surface area (Å²) in [6, 6.07) is -0.739. The maximum Gasteiger partial charge on any atom is 0.330 e. The van der Waals surface area contributed by atoms with E-state index in [1.807, 2.05) is 6.92 Å². The molecule has 0 aromatic carbocycles. The Hall–Kier alpha value is -1.59. The van der Waals surface area contributed by atoms with Crippen LogP contribution in [0.25, 0.3) is 0 Å². The maximum absolute atomic E-state index is 11.4. The van der Waals surface area contributed by atoms with E-state index < -0.39 is 23.8 Å². The lowest BCUT2D eigenvalue weighted by Gasteiger charge is -2.31. The fraction of sp³-hybridized carbons (Fsp3) is 0.700. The number of rotatable bonds is 4. The summed E-state index contributed by atoms with van der Waals surface area (Å²) in [4.78, 5) is 35.5. The minimum absolute atomic E-state index is 0.192. The third-order valence-corrected chi connectivity index (χ3v) is 2.25. The molecule has 1 aliphatic heterocycles. The molecule has 1 fully saturated rings. The Morgan fingerprint density at radius 2 is 2.19 bits per heavy atom. The lowest BCUT2D eigenvalue weighted by molar-refractivity contribution is -0.156. The van der Waals surface area contributed by atoms with Crippen LogP contribution >= 0.6 is 0 Å². The Labute approximate surface area is 93.9 Å². The molecule has 2 amide bonds. The molecule has 1 aliphatic rings. The van der Waals surface area contributed by atoms with E-state index >= 15 is 0 Å². The van der Waals surface area contributed by atoms with Gasteiger partial charge in [0.2, 0.25) is 0 Å². The van der Waals surface area contributed by atoms with Crippen molar-refractivity contribution in [2.45, 2.75) is 26.3 Å². The van der Waals surface area contributed by atoms with Crippen LogP contribution in [0.2, 0.25) is 0 Å². The number of nitrogens with one attached hydrogen (secondary N) is 1. The smallest absolute Gasteiger partial charge is 0.330 e. The molecule has 0 saturated carbocycles. The topological polar surface area (TPSA) is 75.7 Å². The lowest BCUT2D eigenvalue weighted by Crippen LogP contribution is -2.60. The number of hydrogen-bond donors (Lipinski definition) is 1. The molecular formula is C10H16N2O4. The van der Waals surface area contributed by atoms with Gasteiger partial charge in [-0.15, -0.1) is 0 Å². The second-order valence-corrected chi connectivity index (χ2v) is 3.53. The molecule has 0 bridgehead atoms. The van der Waals surface area contributed by atoms with E-state index in [0.29, 0.717) is 6.54 Å². The van der Waals surface area contributed by atoms with Gasteiger partial charge in [0.1, 0.15) is 6.04 Å². The van der Waals surface area contributed by atoms with Crippen LogP contribution in [-0.2, 0) is 19.1 Å². The largest absolute Gasteiger partial charge is 0.464 e. The van der Waals surface area contributed by atoms with Crippen LogP contribution in [-0.4, -0.2) is 48.4 Å². The maximum atomic E-state index is 11.4. The van der Waals surface area contributed by atoms with Crippen LogP contribution in [0, 0.1) is 0 Å². The number of carbonyl (C=O) groups is 3. The Morgan fingerprint density at radius 1 is 1.50 bits per heavy atom. The van der Waals surface area contributed by atoms with Crippen LogP contribution in [0.4, 0.5) is 0 Å². The van der Waals surface area contributed by atoms with Gasteiger partial charge in [0.25, 0.3) is 0 Å². The summed E-state index contributed by atoms with van der Waals surface area (Å²) < 4.78 is 4.80. The van der Waals surface area contributed by atoms with Crippen molar-refractivity contribution in [1.82, 2.24) is 10.2 Å². The predicted octanol–water partition coefficient (Wildman–Crippen LogP) is -0.713. The van der Waals surface area contributed by atoms with Gasteiger partial charge in [0, 0.05) is 6.54 Å². The van der Waals surface area contributed by atoms with E-state index in [0.717, 1.165) is 6.42 Å². The SMILES string of the molecule is CCCN1C[C@@H](C(=O)OCC)NC(=O)C1=O. The van der Waals surface area contributed by atoms with Gasteiger partial charge in [-0.05, 0) is 13.3 Å². The number of carbonyl (C=O) groups excluding carboxylic acids is 3.